The van der Waals surface area contributed by atoms with E-state index in [0.29, 0.717) is 15.4 Å². The van der Waals surface area contributed by atoms with Crippen molar-refractivity contribution in [3.8, 4) is 11.5 Å². The fourth-order valence-electron chi connectivity index (χ4n) is 2.61. The van der Waals surface area contributed by atoms with Crippen LogP contribution in [0.1, 0.15) is 37.2 Å². The van der Waals surface area contributed by atoms with Crippen LogP contribution in [0.3, 0.4) is 0 Å². The van der Waals surface area contributed by atoms with Gasteiger partial charge >= 0.3 is 0 Å². The van der Waals surface area contributed by atoms with Gasteiger partial charge in [0.25, 0.3) is 0 Å². The van der Waals surface area contributed by atoms with Crippen LogP contribution in [0.2, 0.25) is 10.3 Å². The molecule has 0 aliphatic rings. The number of pyridine rings is 2. The van der Waals surface area contributed by atoms with Crippen molar-refractivity contribution in [1.29, 1.82) is 0 Å². The number of aromatic nitrogens is 2. The van der Waals surface area contributed by atoms with Gasteiger partial charge in [-0.3, -0.25) is 0 Å². The molecule has 2 aromatic carbocycles. The third-order valence-corrected chi connectivity index (χ3v) is 5.86. The Labute approximate surface area is 232 Å². The van der Waals surface area contributed by atoms with Crippen molar-refractivity contribution >= 4 is 55.1 Å². The highest BCUT2D eigenvalue weighted by molar-refractivity contribution is 9.10. The molecule has 5 nitrogen and oxygen atoms in total. The topological polar surface area (TPSA) is 75.5 Å². The van der Waals surface area contributed by atoms with Gasteiger partial charge in [0.05, 0.1) is 6.10 Å². The van der Waals surface area contributed by atoms with E-state index in [1.807, 2.05) is 73.7 Å². The lowest BCUT2D eigenvalue weighted by Gasteiger charge is -2.15. The van der Waals surface area contributed by atoms with Crippen LogP contribution in [-0.2, 0) is 0 Å². The van der Waals surface area contributed by atoms with E-state index in [9.17, 15) is 0 Å². The summed E-state index contributed by atoms with van der Waals surface area (Å²) >= 11 is 17.8. The van der Waals surface area contributed by atoms with Crippen LogP contribution in [-0.4, -0.2) is 20.2 Å². The average Bonchev–Trinajstić information content (AvgIpc) is 2.86. The van der Waals surface area contributed by atoms with E-state index in [2.05, 4.69) is 41.8 Å². The van der Waals surface area contributed by atoms with Crippen LogP contribution in [0.5, 0.6) is 11.5 Å². The Balaban J connectivity index is 0.000000203. The van der Waals surface area contributed by atoms with Crippen molar-refractivity contribution < 1.29 is 14.9 Å². The molecule has 0 fully saturated rings. The van der Waals surface area contributed by atoms with E-state index < -0.39 is 0 Å². The van der Waals surface area contributed by atoms with Crippen molar-refractivity contribution in [3.63, 3.8) is 0 Å². The van der Waals surface area contributed by atoms with Gasteiger partial charge < -0.3 is 14.9 Å². The van der Waals surface area contributed by atoms with Crippen LogP contribution >= 0.6 is 55.1 Å². The van der Waals surface area contributed by atoms with E-state index in [4.69, 9.17) is 38.2 Å². The number of benzene rings is 2. The summed E-state index contributed by atoms with van der Waals surface area (Å²) in [6, 6.07) is 22.9. The standard InChI is InChI=1S/C13H11BrClNO.C8H10O.C5H3BrClNO/c1-9(10-5-3-2-4-6-10)17-12-7-11(14)8-16-13(12)15;1-7(9)8-5-3-2-4-6-8;6-3-1-4(9)5(7)8-2-3/h2-9H,1H3;2-7,9H,1H3;1-2,9H. The Kier molecular flexibility index (Phi) is 12.5. The summed E-state index contributed by atoms with van der Waals surface area (Å²) in [6.07, 6.45) is 2.75. The summed E-state index contributed by atoms with van der Waals surface area (Å²) in [7, 11) is 0. The first-order valence-electron chi connectivity index (χ1n) is 10.4. The van der Waals surface area contributed by atoms with Gasteiger partial charge in [-0.2, -0.15) is 0 Å². The Bertz CT molecular complexity index is 1180. The Morgan fingerprint density at radius 3 is 1.71 bits per heavy atom. The quantitative estimate of drug-likeness (QED) is 0.218. The summed E-state index contributed by atoms with van der Waals surface area (Å²) in [6.45, 7) is 3.74. The molecular weight excluding hydrogens is 619 g/mol. The molecule has 0 aliphatic heterocycles. The number of rotatable bonds is 4. The molecule has 0 radical (unpaired) electrons. The van der Waals surface area contributed by atoms with E-state index in [0.717, 1.165) is 15.6 Å². The Hall–Kier alpha value is -2.16. The second-order valence-electron chi connectivity index (χ2n) is 7.16. The van der Waals surface area contributed by atoms with Crippen molar-refractivity contribution in [3.05, 3.63) is 116 Å². The molecule has 2 unspecified atom stereocenters. The second-order valence-corrected chi connectivity index (χ2v) is 9.71. The fourth-order valence-corrected chi connectivity index (χ4v) is 3.49. The predicted octanol–water partition coefficient (Wildman–Crippen LogP) is 8.58. The van der Waals surface area contributed by atoms with E-state index >= 15 is 0 Å². The highest BCUT2D eigenvalue weighted by Crippen LogP contribution is 2.29. The molecule has 184 valence electrons. The molecule has 2 aromatic heterocycles. The average molecular weight is 643 g/mol. The van der Waals surface area contributed by atoms with Gasteiger partial charge in [0, 0.05) is 21.3 Å². The third-order valence-electron chi connectivity index (χ3n) is 4.42. The van der Waals surface area contributed by atoms with E-state index in [1.54, 1.807) is 13.1 Å². The predicted molar refractivity (Wildman–Crippen MR) is 148 cm³/mol. The number of nitrogens with zero attached hydrogens (tertiary/aromatic N) is 2. The lowest BCUT2D eigenvalue weighted by molar-refractivity contribution is 0.199. The van der Waals surface area contributed by atoms with Gasteiger partial charge in [0.15, 0.2) is 21.8 Å². The summed E-state index contributed by atoms with van der Waals surface area (Å²) < 4.78 is 7.34. The number of aliphatic hydroxyl groups is 1. The maximum atomic E-state index is 9.02. The number of aliphatic hydroxyl groups excluding tert-OH is 1. The highest BCUT2D eigenvalue weighted by atomic mass is 79.9. The van der Waals surface area contributed by atoms with Gasteiger partial charge in [-0.15, -0.1) is 0 Å². The number of ether oxygens (including phenoxy) is 1. The zero-order valence-corrected chi connectivity index (χ0v) is 23.6. The van der Waals surface area contributed by atoms with Crippen LogP contribution < -0.4 is 4.74 Å². The molecule has 0 spiro atoms. The zero-order valence-electron chi connectivity index (χ0n) is 18.9. The second kappa shape index (κ2) is 15.1. The van der Waals surface area contributed by atoms with Crippen LogP contribution in [0.4, 0.5) is 0 Å². The van der Waals surface area contributed by atoms with Crippen molar-refractivity contribution in [2.24, 2.45) is 0 Å². The van der Waals surface area contributed by atoms with E-state index in [1.165, 1.54) is 12.3 Å². The molecule has 0 aliphatic carbocycles. The first kappa shape index (κ1) is 29.1. The molecule has 4 rings (SSSR count). The summed E-state index contributed by atoms with van der Waals surface area (Å²) in [4.78, 5) is 7.67. The normalized spacial score (nSPS) is 11.7. The van der Waals surface area contributed by atoms with Crippen LogP contribution in [0, 0.1) is 0 Å². The molecule has 0 bridgehead atoms. The fraction of sp³-hybridized carbons (Fsp3) is 0.154. The summed E-state index contributed by atoms with van der Waals surface area (Å²) in [5.74, 6) is 0.573. The molecule has 0 saturated heterocycles. The molecule has 0 amide bonds. The van der Waals surface area contributed by atoms with Gasteiger partial charge in [-0.05, 0) is 69.0 Å². The van der Waals surface area contributed by atoms with Crippen molar-refractivity contribution in [2.75, 3.05) is 0 Å². The minimum atomic E-state index is -0.341. The monoisotopic (exact) mass is 640 g/mol. The maximum absolute atomic E-state index is 9.02. The minimum absolute atomic E-state index is 0.00829. The lowest BCUT2D eigenvalue weighted by atomic mass is 10.1. The number of halogens is 4. The van der Waals surface area contributed by atoms with Gasteiger partial charge in [0.1, 0.15) is 6.10 Å². The Morgan fingerprint density at radius 1 is 0.771 bits per heavy atom. The van der Waals surface area contributed by atoms with Gasteiger partial charge in [-0.25, -0.2) is 9.97 Å². The van der Waals surface area contributed by atoms with Crippen LogP contribution in [0.25, 0.3) is 0 Å². The van der Waals surface area contributed by atoms with E-state index in [-0.39, 0.29) is 23.1 Å². The summed E-state index contributed by atoms with van der Waals surface area (Å²) in [5.41, 5.74) is 2.07. The number of hydrogen-bond acceptors (Lipinski definition) is 5. The first-order valence-corrected chi connectivity index (χ1v) is 12.8. The smallest absolute Gasteiger partial charge is 0.171 e. The largest absolute Gasteiger partial charge is 0.505 e. The molecule has 2 atom stereocenters. The lowest BCUT2D eigenvalue weighted by Crippen LogP contribution is -2.03. The van der Waals surface area contributed by atoms with Crippen LogP contribution in [0.15, 0.2) is 94.1 Å². The Morgan fingerprint density at radius 2 is 1.26 bits per heavy atom. The molecule has 2 N–H and O–H groups in total. The molecule has 35 heavy (non-hydrogen) atoms. The molecule has 4 aromatic rings. The highest BCUT2D eigenvalue weighted by Gasteiger charge is 2.10. The number of hydrogen-bond donors (Lipinski definition) is 2. The molecular formula is C26H24Br2Cl2N2O3. The number of aromatic hydroxyl groups is 1. The first-order chi connectivity index (χ1) is 16.7. The van der Waals surface area contributed by atoms with Crippen molar-refractivity contribution in [1.82, 2.24) is 9.97 Å². The SMILES string of the molecule is CC(O)c1ccccc1.CC(Oc1cc(Br)cnc1Cl)c1ccccc1.Oc1cc(Br)cnc1Cl. The maximum Gasteiger partial charge on any atom is 0.171 e. The minimum Gasteiger partial charge on any atom is -0.505 e. The van der Waals surface area contributed by atoms with Crippen molar-refractivity contribution in [2.45, 2.75) is 26.1 Å². The summed E-state index contributed by atoms with van der Waals surface area (Å²) in [5, 5.41) is 18.4. The zero-order chi connectivity index (χ0) is 25.8. The van der Waals surface area contributed by atoms with Gasteiger partial charge in [-0.1, -0.05) is 83.9 Å². The van der Waals surface area contributed by atoms with Gasteiger partial charge in [0.2, 0.25) is 0 Å². The third kappa shape index (κ3) is 10.5. The molecule has 2 heterocycles. The molecule has 0 saturated carbocycles. The molecule has 9 heteroatoms.